The van der Waals surface area contributed by atoms with Crippen LogP contribution in [-0.2, 0) is 0 Å². The summed E-state index contributed by atoms with van der Waals surface area (Å²) in [5.74, 6) is 2.28. The van der Waals surface area contributed by atoms with Crippen LogP contribution in [0.1, 0.15) is 44.7 Å². The van der Waals surface area contributed by atoms with Crippen LogP contribution in [0, 0.1) is 0 Å². The highest BCUT2D eigenvalue weighted by molar-refractivity contribution is 8.00. The Labute approximate surface area is 121 Å². The molecule has 1 fully saturated rings. The van der Waals surface area contributed by atoms with Crippen LogP contribution in [0.15, 0.2) is 24.3 Å². The van der Waals surface area contributed by atoms with Gasteiger partial charge in [0.2, 0.25) is 0 Å². The van der Waals surface area contributed by atoms with Gasteiger partial charge in [0.05, 0.1) is 6.61 Å². The molecule has 1 aromatic rings. The zero-order chi connectivity index (χ0) is 13.5. The van der Waals surface area contributed by atoms with Gasteiger partial charge in [0.1, 0.15) is 5.75 Å². The van der Waals surface area contributed by atoms with Gasteiger partial charge in [-0.3, -0.25) is 0 Å². The van der Waals surface area contributed by atoms with Gasteiger partial charge in [0.15, 0.2) is 0 Å². The Kier molecular flexibility index (Phi) is 6.05. The van der Waals surface area contributed by atoms with Gasteiger partial charge >= 0.3 is 0 Å². The third-order valence-electron chi connectivity index (χ3n) is 3.50. The molecule has 1 heterocycles. The van der Waals surface area contributed by atoms with Gasteiger partial charge in [-0.1, -0.05) is 19.1 Å². The second kappa shape index (κ2) is 7.81. The van der Waals surface area contributed by atoms with E-state index in [0.29, 0.717) is 6.04 Å². The molecule has 1 aliphatic rings. The lowest BCUT2D eigenvalue weighted by atomic mass is 10.0. The molecule has 2 unspecified atom stereocenters. The fourth-order valence-corrected chi connectivity index (χ4v) is 3.98. The molecule has 2 rings (SSSR count). The first kappa shape index (κ1) is 14.7. The summed E-state index contributed by atoms with van der Waals surface area (Å²) in [5, 5.41) is 4.44. The molecule has 1 N–H and O–H groups in total. The third kappa shape index (κ3) is 4.15. The number of hydrogen-bond acceptors (Lipinski definition) is 3. The lowest BCUT2D eigenvalue weighted by molar-refractivity contribution is 0.340. The van der Waals surface area contributed by atoms with Gasteiger partial charge in [0, 0.05) is 11.3 Å². The van der Waals surface area contributed by atoms with Crippen molar-refractivity contribution in [3.05, 3.63) is 29.8 Å². The van der Waals surface area contributed by atoms with Crippen LogP contribution in [0.4, 0.5) is 0 Å². The maximum atomic E-state index is 5.52. The molecule has 0 aromatic heterocycles. The molecule has 0 radical (unpaired) electrons. The smallest absolute Gasteiger partial charge is 0.119 e. The molecule has 1 saturated heterocycles. The van der Waals surface area contributed by atoms with Crippen LogP contribution in [-0.4, -0.2) is 24.2 Å². The Bertz CT molecular complexity index is 360. The second-order valence-electron chi connectivity index (χ2n) is 4.99. The summed E-state index contributed by atoms with van der Waals surface area (Å²) in [4.78, 5) is 0. The SMILES string of the molecule is CCCNC(c1ccc(OCC)cc1)C1CCCS1. The molecule has 1 aliphatic heterocycles. The Balaban J connectivity index is 2.07. The Morgan fingerprint density at radius 1 is 1.32 bits per heavy atom. The van der Waals surface area contributed by atoms with E-state index in [1.807, 2.05) is 6.92 Å². The maximum Gasteiger partial charge on any atom is 0.119 e. The summed E-state index contributed by atoms with van der Waals surface area (Å²) in [6.07, 6.45) is 3.88. The van der Waals surface area contributed by atoms with Crippen molar-refractivity contribution in [1.29, 1.82) is 0 Å². The van der Waals surface area contributed by atoms with Gasteiger partial charge in [0.25, 0.3) is 0 Å². The quantitative estimate of drug-likeness (QED) is 0.814. The number of ether oxygens (including phenoxy) is 1. The molecule has 2 atom stereocenters. The first-order valence-corrected chi connectivity index (χ1v) is 8.47. The predicted octanol–water partition coefficient (Wildman–Crippen LogP) is 4.02. The van der Waals surface area contributed by atoms with Crippen LogP contribution in [0.3, 0.4) is 0 Å². The molecular formula is C16H25NOS. The van der Waals surface area contributed by atoms with Crippen LogP contribution >= 0.6 is 11.8 Å². The second-order valence-corrected chi connectivity index (χ2v) is 6.33. The van der Waals surface area contributed by atoms with Crippen molar-refractivity contribution >= 4 is 11.8 Å². The van der Waals surface area contributed by atoms with Crippen molar-refractivity contribution in [2.45, 2.75) is 44.4 Å². The number of thioether (sulfide) groups is 1. The molecule has 19 heavy (non-hydrogen) atoms. The van der Waals surface area contributed by atoms with E-state index in [1.54, 1.807) is 0 Å². The number of benzene rings is 1. The van der Waals surface area contributed by atoms with Crippen molar-refractivity contribution in [3.63, 3.8) is 0 Å². The van der Waals surface area contributed by atoms with Gasteiger partial charge in [-0.25, -0.2) is 0 Å². The Morgan fingerprint density at radius 2 is 2.11 bits per heavy atom. The Hall–Kier alpha value is -0.670. The molecule has 0 spiro atoms. The molecule has 0 amide bonds. The molecule has 0 saturated carbocycles. The van der Waals surface area contributed by atoms with Gasteiger partial charge in [-0.2, -0.15) is 11.8 Å². The third-order valence-corrected chi connectivity index (χ3v) is 4.96. The van der Waals surface area contributed by atoms with Crippen molar-refractivity contribution < 1.29 is 4.74 Å². The first-order valence-electron chi connectivity index (χ1n) is 7.43. The molecule has 106 valence electrons. The van der Waals surface area contributed by atoms with E-state index >= 15 is 0 Å². The molecule has 1 aromatic carbocycles. The minimum Gasteiger partial charge on any atom is -0.494 e. The monoisotopic (exact) mass is 279 g/mol. The number of rotatable bonds is 7. The summed E-state index contributed by atoms with van der Waals surface area (Å²) in [6.45, 7) is 6.07. The van der Waals surface area contributed by atoms with E-state index in [9.17, 15) is 0 Å². The summed E-state index contributed by atoms with van der Waals surface area (Å²) < 4.78 is 5.52. The van der Waals surface area contributed by atoms with E-state index in [1.165, 1.54) is 30.6 Å². The minimum absolute atomic E-state index is 0.489. The van der Waals surface area contributed by atoms with Crippen LogP contribution < -0.4 is 10.1 Å². The largest absolute Gasteiger partial charge is 0.494 e. The van der Waals surface area contributed by atoms with Gasteiger partial charge < -0.3 is 10.1 Å². The normalized spacial score (nSPS) is 20.4. The standard InChI is InChI=1S/C16H25NOS/c1-3-11-17-16(15-6-5-12-19-15)13-7-9-14(10-8-13)18-4-2/h7-10,15-17H,3-6,11-12H2,1-2H3. The summed E-state index contributed by atoms with van der Waals surface area (Å²) in [7, 11) is 0. The molecule has 0 aliphatic carbocycles. The summed E-state index contributed by atoms with van der Waals surface area (Å²) >= 11 is 2.12. The fourth-order valence-electron chi connectivity index (χ4n) is 2.57. The zero-order valence-electron chi connectivity index (χ0n) is 12.0. The number of hydrogen-bond donors (Lipinski definition) is 1. The molecule has 0 bridgehead atoms. The highest BCUT2D eigenvalue weighted by Crippen LogP contribution is 2.36. The van der Waals surface area contributed by atoms with Crippen LogP contribution in [0.5, 0.6) is 5.75 Å². The van der Waals surface area contributed by atoms with E-state index in [0.717, 1.165) is 24.2 Å². The van der Waals surface area contributed by atoms with E-state index in [2.05, 4.69) is 48.3 Å². The first-order chi connectivity index (χ1) is 9.35. The topological polar surface area (TPSA) is 21.3 Å². The predicted molar refractivity (Wildman–Crippen MR) is 84.1 cm³/mol. The van der Waals surface area contributed by atoms with E-state index < -0.39 is 0 Å². The van der Waals surface area contributed by atoms with Crippen molar-refractivity contribution in [1.82, 2.24) is 5.32 Å². The van der Waals surface area contributed by atoms with Crippen molar-refractivity contribution in [2.75, 3.05) is 18.9 Å². The zero-order valence-corrected chi connectivity index (χ0v) is 12.8. The van der Waals surface area contributed by atoms with Gasteiger partial charge in [-0.05, 0) is 56.2 Å². The Morgan fingerprint density at radius 3 is 2.68 bits per heavy atom. The van der Waals surface area contributed by atoms with Gasteiger partial charge in [-0.15, -0.1) is 0 Å². The average molecular weight is 279 g/mol. The molecule has 3 heteroatoms. The van der Waals surface area contributed by atoms with Crippen molar-refractivity contribution in [3.8, 4) is 5.75 Å². The summed E-state index contributed by atoms with van der Waals surface area (Å²) in [6, 6.07) is 9.12. The van der Waals surface area contributed by atoms with Crippen LogP contribution in [0.2, 0.25) is 0 Å². The summed E-state index contributed by atoms with van der Waals surface area (Å²) in [5.41, 5.74) is 1.40. The van der Waals surface area contributed by atoms with E-state index in [4.69, 9.17) is 4.74 Å². The lowest BCUT2D eigenvalue weighted by Gasteiger charge is -2.25. The molecular weight excluding hydrogens is 254 g/mol. The average Bonchev–Trinajstić information content (AvgIpc) is 2.95. The maximum absolute atomic E-state index is 5.52. The fraction of sp³-hybridized carbons (Fsp3) is 0.625. The highest BCUT2D eigenvalue weighted by atomic mass is 32.2. The van der Waals surface area contributed by atoms with Crippen LogP contribution in [0.25, 0.3) is 0 Å². The van der Waals surface area contributed by atoms with E-state index in [-0.39, 0.29) is 0 Å². The van der Waals surface area contributed by atoms with Crippen molar-refractivity contribution in [2.24, 2.45) is 0 Å². The number of nitrogens with one attached hydrogen (secondary N) is 1. The lowest BCUT2D eigenvalue weighted by Crippen LogP contribution is -2.29. The highest BCUT2D eigenvalue weighted by Gasteiger charge is 2.26. The molecule has 2 nitrogen and oxygen atoms in total. The minimum atomic E-state index is 0.489.